The molecular weight excluding hydrogens is 292 g/mol. The van der Waals surface area contributed by atoms with E-state index in [1.54, 1.807) is 0 Å². The molecule has 1 atom stereocenters. The summed E-state index contributed by atoms with van der Waals surface area (Å²) in [5, 5.41) is 18.3. The molecule has 0 amide bonds. The fourth-order valence-corrected chi connectivity index (χ4v) is 2.32. The molecular formula is C17H26N4O2. The predicted octanol–water partition coefficient (Wildman–Crippen LogP) is 1.56. The number of aliphatic hydroxyl groups is 1. The maximum absolute atomic E-state index is 10.1. The zero-order valence-corrected chi connectivity index (χ0v) is 14.4. The summed E-state index contributed by atoms with van der Waals surface area (Å²) >= 11 is 0. The molecule has 6 nitrogen and oxygen atoms in total. The van der Waals surface area contributed by atoms with E-state index in [1.807, 2.05) is 54.8 Å². The van der Waals surface area contributed by atoms with Gasteiger partial charge in [0.15, 0.2) is 0 Å². The van der Waals surface area contributed by atoms with E-state index in [9.17, 15) is 5.11 Å². The van der Waals surface area contributed by atoms with Gasteiger partial charge in [-0.1, -0.05) is 19.1 Å². The van der Waals surface area contributed by atoms with Crippen molar-refractivity contribution in [2.45, 2.75) is 32.9 Å². The van der Waals surface area contributed by atoms with Crippen LogP contribution in [-0.2, 0) is 20.0 Å². The molecule has 6 heteroatoms. The van der Waals surface area contributed by atoms with Crippen molar-refractivity contribution in [2.75, 3.05) is 20.2 Å². The van der Waals surface area contributed by atoms with E-state index < -0.39 is 6.10 Å². The molecule has 1 aromatic carbocycles. The van der Waals surface area contributed by atoms with Crippen LogP contribution in [0.3, 0.4) is 0 Å². The molecule has 23 heavy (non-hydrogen) atoms. The van der Waals surface area contributed by atoms with Crippen molar-refractivity contribution in [3.05, 3.63) is 41.5 Å². The number of hydrogen-bond donors (Lipinski definition) is 1. The second kappa shape index (κ2) is 8.08. The molecule has 0 fully saturated rings. The minimum absolute atomic E-state index is 0.271. The molecule has 0 saturated heterocycles. The van der Waals surface area contributed by atoms with E-state index >= 15 is 0 Å². The summed E-state index contributed by atoms with van der Waals surface area (Å²) in [6.07, 6.45) is 0.454. The van der Waals surface area contributed by atoms with E-state index in [-0.39, 0.29) is 6.61 Å². The highest BCUT2D eigenvalue weighted by molar-refractivity contribution is 5.27. The summed E-state index contributed by atoms with van der Waals surface area (Å²) < 4.78 is 7.59. The van der Waals surface area contributed by atoms with Crippen LogP contribution in [-0.4, -0.2) is 51.1 Å². The number of aromatic nitrogens is 3. The molecule has 0 spiro atoms. The van der Waals surface area contributed by atoms with Crippen LogP contribution >= 0.6 is 0 Å². The monoisotopic (exact) mass is 318 g/mol. The van der Waals surface area contributed by atoms with Gasteiger partial charge >= 0.3 is 0 Å². The van der Waals surface area contributed by atoms with Crippen molar-refractivity contribution in [2.24, 2.45) is 7.05 Å². The highest BCUT2D eigenvalue weighted by atomic mass is 16.5. The van der Waals surface area contributed by atoms with E-state index in [0.29, 0.717) is 13.1 Å². The van der Waals surface area contributed by atoms with Crippen molar-refractivity contribution in [3.8, 4) is 5.75 Å². The number of aliphatic hydroxyl groups excluding tert-OH is 1. The lowest BCUT2D eigenvalue weighted by atomic mass is 10.2. The second-order valence-corrected chi connectivity index (χ2v) is 5.88. The Labute approximate surface area is 137 Å². The number of aryl methyl sites for hydroxylation is 2. The van der Waals surface area contributed by atoms with Crippen LogP contribution in [0.1, 0.15) is 24.1 Å². The van der Waals surface area contributed by atoms with Crippen LogP contribution in [0.15, 0.2) is 24.3 Å². The van der Waals surface area contributed by atoms with E-state index in [1.165, 1.54) is 5.56 Å². The summed E-state index contributed by atoms with van der Waals surface area (Å²) in [5.41, 5.74) is 1.27. The molecule has 0 aliphatic heterocycles. The molecule has 0 saturated carbocycles. The third-order valence-corrected chi connectivity index (χ3v) is 3.89. The molecule has 0 radical (unpaired) electrons. The molecule has 0 aliphatic rings. The fraction of sp³-hybridized carbons (Fsp3) is 0.529. The number of rotatable bonds is 8. The summed E-state index contributed by atoms with van der Waals surface area (Å²) in [6.45, 7) is 5.46. The summed E-state index contributed by atoms with van der Waals surface area (Å²) in [6, 6.07) is 7.98. The normalized spacial score (nSPS) is 12.6. The SMILES string of the molecule is CCc1ccc(OCC(O)CN(C)Cc2nnc(C)n2C)cc1. The number of hydrogen-bond acceptors (Lipinski definition) is 5. The van der Waals surface area contributed by atoms with Crippen LogP contribution in [0.25, 0.3) is 0 Å². The topological polar surface area (TPSA) is 63.4 Å². The van der Waals surface area contributed by atoms with Gasteiger partial charge in [0.05, 0.1) is 6.54 Å². The quantitative estimate of drug-likeness (QED) is 0.800. The van der Waals surface area contributed by atoms with Gasteiger partial charge in [-0.15, -0.1) is 10.2 Å². The van der Waals surface area contributed by atoms with Gasteiger partial charge in [-0.25, -0.2) is 0 Å². The Hall–Kier alpha value is -1.92. The van der Waals surface area contributed by atoms with Crippen LogP contribution in [0.2, 0.25) is 0 Å². The summed E-state index contributed by atoms with van der Waals surface area (Å²) in [4.78, 5) is 2.01. The number of likely N-dealkylation sites (N-methyl/N-ethyl adjacent to an activating group) is 1. The summed E-state index contributed by atoms with van der Waals surface area (Å²) in [7, 11) is 3.89. The van der Waals surface area contributed by atoms with Gasteiger partial charge in [-0.2, -0.15) is 0 Å². The van der Waals surface area contributed by atoms with E-state index in [2.05, 4.69) is 17.1 Å². The van der Waals surface area contributed by atoms with Crippen molar-refractivity contribution >= 4 is 0 Å². The second-order valence-electron chi connectivity index (χ2n) is 5.88. The third-order valence-electron chi connectivity index (χ3n) is 3.89. The molecule has 1 heterocycles. The average molecular weight is 318 g/mol. The Bertz CT molecular complexity index is 610. The molecule has 1 aromatic heterocycles. The van der Waals surface area contributed by atoms with Crippen molar-refractivity contribution in [1.29, 1.82) is 0 Å². The number of benzene rings is 1. The Morgan fingerprint density at radius 1 is 1.26 bits per heavy atom. The fourth-order valence-electron chi connectivity index (χ4n) is 2.32. The van der Waals surface area contributed by atoms with Crippen molar-refractivity contribution in [1.82, 2.24) is 19.7 Å². The Morgan fingerprint density at radius 2 is 1.96 bits per heavy atom. The smallest absolute Gasteiger partial charge is 0.146 e. The van der Waals surface area contributed by atoms with E-state index in [4.69, 9.17) is 4.74 Å². The first-order chi connectivity index (χ1) is 11.0. The van der Waals surface area contributed by atoms with Crippen molar-refractivity contribution < 1.29 is 9.84 Å². The van der Waals surface area contributed by atoms with Gasteiger partial charge in [-0.05, 0) is 38.1 Å². The number of ether oxygens (including phenoxy) is 1. The highest BCUT2D eigenvalue weighted by Crippen LogP contribution is 2.13. The van der Waals surface area contributed by atoms with Gasteiger partial charge in [0, 0.05) is 13.6 Å². The van der Waals surface area contributed by atoms with Crippen LogP contribution in [0, 0.1) is 6.92 Å². The lowest BCUT2D eigenvalue weighted by Crippen LogP contribution is -2.33. The van der Waals surface area contributed by atoms with Crippen molar-refractivity contribution in [3.63, 3.8) is 0 Å². The zero-order valence-electron chi connectivity index (χ0n) is 14.4. The largest absolute Gasteiger partial charge is 0.491 e. The molecule has 2 rings (SSSR count). The van der Waals surface area contributed by atoms with Crippen LogP contribution < -0.4 is 4.74 Å². The van der Waals surface area contributed by atoms with Crippen LogP contribution in [0.4, 0.5) is 0 Å². The van der Waals surface area contributed by atoms with Gasteiger partial charge in [-0.3, -0.25) is 4.90 Å². The maximum Gasteiger partial charge on any atom is 0.146 e. The first-order valence-corrected chi connectivity index (χ1v) is 7.92. The zero-order chi connectivity index (χ0) is 16.8. The Kier molecular flexibility index (Phi) is 6.12. The maximum atomic E-state index is 10.1. The van der Waals surface area contributed by atoms with Gasteiger partial charge in [0.25, 0.3) is 0 Å². The Balaban J connectivity index is 1.77. The minimum atomic E-state index is -0.555. The average Bonchev–Trinajstić information content (AvgIpc) is 2.85. The number of nitrogens with zero attached hydrogens (tertiary/aromatic N) is 4. The molecule has 126 valence electrons. The third kappa shape index (κ3) is 5.04. The van der Waals surface area contributed by atoms with Gasteiger partial charge in [0.1, 0.15) is 30.1 Å². The molecule has 0 bridgehead atoms. The first-order valence-electron chi connectivity index (χ1n) is 7.92. The summed E-state index contributed by atoms with van der Waals surface area (Å²) in [5.74, 6) is 2.55. The Morgan fingerprint density at radius 3 is 2.52 bits per heavy atom. The lowest BCUT2D eigenvalue weighted by molar-refractivity contribution is 0.0734. The predicted molar refractivity (Wildman–Crippen MR) is 89.4 cm³/mol. The minimum Gasteiger partial charge on any atom is -0.491 e. The molecule has 2 aromatic rings. The standard InChI is InChI=1S/C17H26N4O2/c1-5-14-6-8-16(9-7-14)23-12-15(22)10-20(3)11-17-19-18-13(2)21(17)4/h6-9,15,22H,5,10-12H2,1-4H3. The van der Waals surface area contributed by atoms with Gasteiger partial charge < -0.3 is 14.4 Å². The lowest BCUT2D eigenvalue weighted by Gasteiger charge is -2.20. The molecule has 1 N–H and O–H groups in total. The highest BCUT2D eigenvalue weighted by Gasteiger charge is 2.13. The van der Waals surface area contributed by atoms with E-state index in [0.717, 1.165) is 23.8 Å². The molecule has 1 unspecified atom stereocenters. The van der Waals surface area contributed by atoms with Gasteiger partial charge in [0.2, 0.25) is 0 Å². The van der Waals surface area contributed by atoms with Crippen LogP contribution in [0.5, 0.6) is 5.75 Å². The first kappa shape index (κ1) is 17.4. The molecule has 0 aliphatic carbocycles.